The standard InChI is InChI=1S/C18H14F4N2O4S.C6H14N2.C2H2O4.Pt/c1-17(26,10-29(27,28)14-6-3-12(19)4-7-14)16(25)24-13-5-2-11(9-23)15(8-13)18(20,21)22;7-5-3-1-2-4-6(5)8;3-1(4)2(5)6;/h2-8,26H,10H2,1H3,(H,24,25);5-6H,1-4,7-8H2;(H,3,4)(H,5,6);/q;;;+2/p-2/t;5-,6-;;/m.1../s1. The molecule has 0 aliphatic heterocycles. The van der Waals surface area contributed by atoms with Crippen molar-refractivity contribution in [3.8, 4) is 6.07 Å². The van der Waals surface area contributed by atoms with Crippen LogP contribution in [0.3, 0.4) is 0 Å². The summed E-state index contributed by atoms with van der Waals surface area (Å²) < 4.78 is 76.6. The number of benzene rings is 2. The molecule has 44 heavy (non-hydrogen) atoms. The van der Waals surface area contributed by atoms with Crippen LogP contribution in [0.5, 0.6) is 0 Å². The van der Waals surface area contributed by atoms with Crippen LogP contribution in [0.1, 0.15) is 43.7 Å². The van der Waals surface area contributed by atoms with E-state index in [4.69, 9.17) is 36.5 Å². The number of rotatable bonds is 5. The van der Waals surface area contributed by atoms with Gasteiger partial charge in [0.1, 0.15) is 5.82 Å². The van der Waals surface area contributed by atoms with Crippen LogP contribution in [0, 0.1) is 17.1 Å². The van der Waals surface area contributed by atoms with Gasteiger partial charge >= 0.3 is 27.2 Å². The van der Waals surface area contributed by atoms with Crippen LogP contribution in [0.25, 0.3) is 0 Å². The third-order valence-electron chi connectivity index (χ3n) is 5.88. The van der Waals surface area contributed by atoms with Crippen molar-refractivity contribution in [2.45, 2.75) is 61.4 Å². The molecular weight excluding hydrogens is 799 g/mol. The average Bonchev–Trinajstić information content (AvgIpc) is 2.90. The Morgan fingerprint density at radius 1 is 1.02 bits per heavy atom. The minimum Gasteiger partial charge on any atom is -0.543 e. The fraction of sp³-hybridized carbons (Fsp3) is 0.385. The van der Waals surface area contributed by atoms with E-state index < -0.39 is 62.2 Å². The van der Waals surface area contributed by atoms with Crippen LogP contribution in [0.2, 0.25) is 0 Å². The van der Waals surface area contributed by atoms with Crippen molar-refractivity contribution in [2.75, 3.05) is 11.1 Å². The molecule has 0 saturated heterocycles. The summed E-state index contributed by atoms with van der Waals surface area (Å²) in [7, 11) is -4.21. The normalized spacial score (nSPS) is 17.4. The number of carboxylic acid groups (broad SMARTS) is 2. The van der Waals surface area contributed by atoms with Crippen molar-refractivity contribution < 1.29 is 76.7 Å². The molecule has 0 bridgehead atoms. The topological polar surface area (TPSA) is 240 Å². The van der Waals surface area contributed by atoms with Gasteiger partial charge in [-0.25, -0.2) is 12.8 Å². The van der Waals surface area contributed by atoms with E-state index in [2.05, 4.69) is 0 Å². The molecule has 0 radical (unpaired) electrons. The van der Waals surface area contributed by atoms with E-state index in [0.29, 0.717) is 6.07 Å². The molecule has 1 saturated carbocycles. The number of halogens is 4. The third-order valence-corrected chi connectivity index (χ3v) is 7.81. The van der Waals surface area contributed by atoms with E-state index in [9.17, 15) is 35.9 Å². The molecule has 2 aromatic rings. The second-order valence-corrected chi connectivity index (χ2v) is 11.5. The Hall–Kier alpha value is -3.42. The monoisotopic (exact) mass is 827 g/mol. The van der Waals surface area contributed by atoms with Crippen LogP contribution in [0.15, 0.2) is 47.4 Å². The summed E-state index contributed by atoms with van der Waals surface area (Å²) in [6.45, 7) is 0.873. The van der Waals surface area contributed by atoms with E-state index in [1.165, 1.54) is 18.9 Å². The van der Waals surface area contributed by atoms with Crippen molar-refractivity contribution in [1.29, 1.82) is 5.26 Å². The minimum absolute atomic E-state index is 0. The number of alkyl halides is 3. The number of aliphatic hydroxyl groups is 1. The minimum atomic E-state index is -4.86. The van der Waals surface area contributed by atoms with E-state index >= 15 is 0 Å². The van der Waals surface area contributed by atoms with Crippen molar-refractivity contribution in [1.82, 2.24) is 0 Å². The number of carbonyl (C=O) groups excluding carboxylic acids is 3. The zero-order valence-corrected chi connectivity index (χ0v) is 26.0. The van der Waals surface area contributed by atoms with E-state index in [1.54, 1.807) is 0 Å². The summed E-state index contributed by atoms with van der Waals surface area (Å²) in [6.07, 6.45) is -0.0632. The van der Waals surface area contributed by atoms with Gasteiger partial charge in [-0.1, -0.05) is 12.8 Å². The van der Waals surface area contributed by atoms with Crippen LogP contribution in [-0.4, -0.2) is 54.8 Å². The molecule has 1 unspecified atom stereocenters. The molecule has 1 amide bonds. The van der Waals surface area contributed by atoms with Crippen LogP contribution in [0.4, 0.5) is 23.2 Å². The second-order valence-electron chi connectivity index (χ2n) is 9.50. The number of hydrogen-bond donors (Lipinski definition) is 4. The number of amides is 1. The van der Waals surface area contributed by atoms with Gasteiger partial charge in [-0.2, -0.15) is 18.4 Å². The number of carboxylic acids is 2. The summed E-state index contributed by atoms with van der Waals surface area (Å²) in [5, 5.41) is 38.9. The van der Waals surface area contributed by atoms with Gasteiger partial charge in [0, 0.05) is 17.8 Å². The number of aliphatic carboxylic acids is 2. The smallest absolute Gasteiger partial charge is 0.543 e. The molecule has 1 aliphatic carbocycles. The fourth-order valence-electron chi connectivity index (χ4n) is 3.57. The van der Waals surface area contributed by atoms with Crippen LogP contribution < -0.4 is 27.0 Å². The SMILES string of the molecule is CC(O)(CS(=O)(=O)c1ccc(F)cc1)C(=O)Nc1ccc(C#N)c(C(F)(F)F)c1.N[C@@H]1CCCC[C@H]1N.O=C([O-])C(=O)[O-].[Pt+2]. The Morgan fingerprint density at radius 3 is 1.89 bits per heavy atom. The van der Waals surface area contributed by atoms with E-state index in [-0.39, 0.29) is 43.7 Å². The molecule has 3 rings (SSSR count). The summed E-state index contributed by atoms with van der Waals surface area (Å²) >= 11 is 0. The Labute approximate surface area is 264 Å². The van der Waals surface area contributed by atoms with Gasteiger partial charge in [0.05, 0.1) is 39.8 Å². The zero-order chi connectivity index (χ0) is 33.2. The Bertz CT molecular complexity index is 1430. The van der Waals surface area contributed by atoms with Crippen molar-refractivity contribution in [2.24, 2.45) is 11.5 Å². The van der Waals surface area contributed by atoms with Gasteiger partial charge in [-0.15, -0.1) is 0 Å². The zero-order valence-electron chi connectivity index (χ0n) is 22.9. The summed E-state index contributed by atoms with van der Waals surface area (Å²) in [4.78, 5) is 29.8. The number of carbonyl (C=O) groups is 3. The first kappa shape index (κ1) is 40.6. The Balaban J connectivity index is 0.00000101. The van der Waals surface area contributed by atoms with Gasteiger partial charge in [0.2, 0.25) is 0 Å². The molecular formula is C26H28F4N4O8PtS. The van der Waals surface area contributed by atoms with Crippen LogP contribution in [-0.2, 0) is 51.5 Å². The van der Waals surface area contributed by atoms with E-state index in [0.717, 1.165) is 56.2 Å². The number of anilines is 1. The number of nitrogens with one attached hydrogen (secondary N) is 1. The number of sulfone groups is 1. The van der Waals surface area contributed by atoms with Gasteiger partial charge in [0.15, 0.2) is 15.4 Å². The van der Waals surface area contributed by atoms with Crippen molar-refractivity contribution >= 4 is 33.4 Å². The summed E-state index contributed by atoms with van der Waals surface area (Å²) in [6, 6.07) is 7.97. The maximum atomic E-state index is 13.0. The summed E-state index contributed by atoms with van der Waals surface area (Å²) in [5.41, 5.74) is 6.44. The maximum Gasteiger partial charge on any atom is 2.00 e. The summed E-state index contributed by atoms with van der Waals surface area (Å²) in [5.74, 6) is -7.43. The van der Waals surface area contributed by atoms with Crippen molar-refractivity contribution in [3.63, 3.8) is 0 Å². The molecule has 1 fully saturated rings. The largest absolute Gasteiger partial charge is 2.00 e. The molecule has 0 spiro atoms. The first-order valence-corrected chi connectivity index (χ1v) is 13.9. The Kier molecular flexibility index (Phi) is 15.8. The van der Waals surface area contributed by atoms with Gasteiger partial charge < -0.3 is 41.7 Å². The van der Waals surface area contributed by atoms with Gasteiger partial charge in [-0.3, -0.25) is 4.79 Å². The number of hydrogen-bond acceptors (Lipinski definition) is 11. The second kappa shape index (κ2) is 17.2. The number of nitrogens with zero attached hydrogens (tertiary/aromatic N) is 1. The molecule has 3 atom stereocenters. The molecule has 0 heterocycles. The molecule has 6 N–H and O–H groups in total. The molecule has 1 aliphatic rings. The number of nitriles is 1. The third kappa shape index (κ3) is 13.1. The first-order chi connectivity index (χ1) is 19.7. The molecule has 0 aromatic heterocycles. The molecule has 2 aromatic carbocycles. The predicted octanol–water partition coefficient (Wildman–Crippen LogP) is -0.422. The molecule has 18 heteroatoms. The van der Waals surface area contributed by atoms with Gasteiger partial charge in [-0.05, 0) is 62.2 Å². The Morgan fingerprint density at radius 2 is 1.50 bits per heavy atom. The van der Waals surface area contributed by atoms with Gasteiger partial charge in [0.25, 0.3) is 5.91 Å². The molecule has 244 valence electrons. The fourth-order valence-corrected chi connectivity index (χ4v) is 5.16. The van der Waals surface area contributed by atoms with Crippen molar-refractivity contribution in [3.05, 3.63) is 59.4 Å². The van der Waals surface area contributed by atoms with E-state index in [1.807, 2.05) is 5.32 Å². The van der Waals surface area contributed by atoms with Crippen LogP contribution >= 0.6 is 0 Å². The predicted molar refractivity (Wildman–Crippen MR) is 138 cm³/mol. The maximum absolute atomic E-state index is 13.0. The average molecular weight is 828 g/mol. The first-order valence-electron chi connectivity index (χ1n) is 12.3. The number of nitrogens with two attached hydrogens (primary N) is 2. The quantitative estimate of drug-likeness (QED) is 0.172. The molecule has 12 nitrogen and oxygen atoms in total.